The molecule has 3 heterocycles. The van der Waals surface area contributed by atoms with Crippen LogP contribution in [0.25, 0.3) is 0 Å². The molecule has 0 aromatic heterocycles. The maximum absolute atomic E-state index is 2.75. The molecule has 80 valence electrons. The van der Waals surface area contributed by atoms with Crippen molar-refractivity contribution in [3.63, 3.8) is 0 Å². The molecule has 2 heteroatoms. The van der Waals surface area contributed by atoms with Gasteiger partial charge in [-0.1, -0.05) is 0 Å². The lowest BCUT2D eigenvalue weighted by Crippen LogP contribution is -2.53. The first-order valence-corrected chi connectivity index (χ1v) is 6.27. The fourth-order valence-electron chi connectivity index (χ4n) is 3.77. The van der Waals surface area contributed by atoms with Crippen molar-refractivity contribution < 1.29 is 0 Å². The molecule has 0 N–H and O–H groups in total. The van der Waals surface area contributed by atoms with Crippen molar-refractivity contribution in [1.29, 1.82) is 0 Å². The third kappa shape index (κ3) is 1.24. The number of hydrogen-bond donors (Lipinski definition) is 0. The van der Waals surface area contributed by atoms with Crippen molar-refractivity contribution >= 4 is 0 Å². The summed E-state index contributed by atoms with van der Waals surface area (Å²) in [6.07, 6.45) is 7.23. The van der Waals surface area contributed by atoms with Crippen LogP contribution in [0.5, 0.6) is 0 Å². The van der Waals surface area contributed by atoms with Gasteiger partial charge in [-0.25, -0.2) is 0 Å². The highest BCUT2D eigenvalue weighted by Gasteiger charge is 2.43. The second kappa shape index (κ2) is 3.21. The molecular formula is C12H22N2. The van der Waals surface area contributed by atoms with Crippen LogP contribution in [-0.4, -0.2) is 40.6 Å². The molecule has 3 rings (SSSR count). The highest BCUT2D eigenvalue weighted by atomic mass is 15.4. The molecule has 0 radical (unpaired) electrons. The highest BCUT2D eigenvalue weighted by Crippen LogP contribution is 2.38. The second-order valence-corrected chi connectivity index (χ2v) is 5.57. The molecular weight excluding hydrogens is 172 g/mol. The van der Waals surface area contributed by atoms with Crippen LogP contribution >= 0.6 is 0 Å². The monoisotopic (exact) mass is 194 g/mol. The van der Waals surface area contributed by atoms with E-state index in [9.17, 15) is 0 Å². The molecule has 0 spiro atoms. The van der Waals surface area contributed by atoms with E-state index >= 15 is 0 Å². The molecule has 0 saturated carbocycles. The maximum Gasteiger partial charge on any atom is 0.0516 e. The Morgan fingerprint density at radius 3 is 1.79 bits per heavy atom. The minimum atomic E-state index is 0.841. The first kappa shape index (κ1) is 9.17. The Morgan fingerprint density at radius 1 is 0.786 bits per heavy atom. The van der Waals surface area contributed by atoms with Gasteiger partial charge in [-0.05, 0) is 46.0 Å². The van der Waals surface area contributed by atoms with Gasteiger partial charge in [0.25, 0.3) is 0 Å². The highest BCUT2D eigenvalue weighted by molar-refractivity contribution is 4.97. The van der Waals surface area contributed by atoms with E-state index in [0.29, 0.717) is 0 Å². The van der Waals surface area contributed by atoms with Crippen molar-refractivity contribution in [1.82, 2.24) is 9.80 Å². The van der Waals surface area contributed by atoms with E-state index in [2.05, 4.69) is 23.6 Å². The number of rotatable bonds is 0. The van der Waals surface area contributed by atoms with Crippen molar-refractivity contribution in [3.05, 3.63) is 0 Å². The van der Waals surface area contributed by atoms with Crippen LogP contribution in [-0.2, 0) is 0 Å². The Balaban J connectivity index is 1.77. The molecule has 2 nitrogen and oxygen atoms in total. The Bertz CT molecular complexity index is 206. The van der Waals surface area contributed by atoms with E-state index in [4.69, 9.17) is 0 Å². The summed E-state index contributed by atoms with van der Waals surface area (Å²) >= 11 is 0. The van der Waals surface area contributed by atoms with E-state index < -0.39 is 0 Å². The van der Waals surface area contributed by atoms with Gasteiger partial charge in [-0.2, -0.15) is 0 Å². The van der Waals surface area contributed by atoms with Crippen LogP contribution in [0.1, 0.15) is 46.0 Å². The molecule has 0 unspecified atom stereocenters. The smallest absolute Gasteiger partial charge is 0.0516 e. The van der Waals surface area contributed by atoms with Crippen molar-refractivity contribution in [2.75, 3.05) is 6.67 Å². The number of nitrogens with zero attached hydrogens (tertiary/aromatic N) is 2. The molecule has 14 heavy (non-hydrogen) atoms. The third-order valence-corrected chi connectivity index (χ3v) is 4.78. The summed E-state index contributed by atoms with van der Waals surface area (Å²) in [6, 6.07) is 3.54. The molecule has 3 fully saturated rings. The van der Waals surface area contributed by atoms with E-state index in [-0.39, 0.29) is 0 Å². The van der Waals surface area contributed by atoms with Crippen molar-refractivity contribution in [2.24, 2.45) is 0 Å². The average Bonchev–Trinajstić information content (AvgIpc) is 2.71. The largest absolute Gasteiger partial charge is 0.285 e. The Hall–Kier alpha value is -0.0800. The zero-order valence-corrected chi connectivity index (χ0v) is 9.45. The molecule has 0 aromatic rings. The topological polar surface area (TPSA) is 6.48 Å². The first-order valence-electron chi connectivity index (χ1n) is 6.27. The summed E-state index contributed by atoms with van der Waals surface area (Å²) in [5.41, 5.74) is 0. The molecule has 3 aliphatic heterocycles. The standard InChI is InChI=1S/C12H22N2/c1-9-3-5-11-7-12-6-4-10(2)14(12)8-13(9)11/h9-12H,3-8H2,1-2H3/t9-,10-,11+,12+/m1/s1. The molecule has 0 amide bonds. The van der Waals surface area contributed by atoms with Crippen LogP contribution in [0.4, 0.5) is 0 Å². The van der Waals surface area contributed by atoms with Crippen LogP contribution in [0.2, 0.25) is 0 Å². The lowest BCUT2D eigenvalue weighted by Gasteiger charge is -2.43. The van der Waals surface area contributed by atoms with Gasteiger partial charge in [0.15, 0.2) is 0 Å². The second-order valence-electron chi connectivity index (χ2n) is 5.57. The number of fused-ring (bicyclic) bond motifs is 2. The van der Waals surface area contributed by atoms with E-state index in [1.54, 1.807) is 0 Å². The molecule has 0 aromatic carbocycles. The van der Waals surface area contributed by atoms with Gasteiger partial charge in [0.1, 0.15) is 0 Å². The Labute approximate surface area is 87.3 Å². The zero-order chi connectivity index (χ0) is 9.71. The van der Waals surface area contributed by atoms with Gasteiger partial charge in [0.2, 0.25) is 0 Å². The predicted molar refractivity (Wildman–Crippen MR) is 58.1 cm³/mol. The van der Waals surface area contributed by atoms with E-state index in [0.717, 1.165) is 24.2 Å². The summed E-state index contributed by atoms with van der Waals surface area (Å²) in [5, 5.41) is 0. The van der Waals surface area contributed by atoms with E-state index in [1.165, 1.54) is 38.8 Å². The fourth-order valence-corrected chi connectivity index (χ4v) is 3.77. The zero-order valence-electron chi connectivity index (χ0n) is 9.45. The molecule has 4 atom stereocenters. The van der Waals surface area contributed by atoms with Gasteiger partial charge in [0.05, 0.1) is 6.67 Å². The average molecular weight is 194 g/mol. The minimum Gasteiger partial charge on any atom is -0.285 e. The maximum atomic E-state index is 2.75. The van der Waals surface area contributed by atoms with Crippen LogP contribution < -0.4 is 0 Å². The summed E-state index contributed by atoms with van der Waals surface area (Å²) in [7, 11) is 0. The normalized spacial score (nSPS) is 49.3. The van der Waals surface area contributed by atoms with Crippen LogP contribution in [0.3, 0.4) is 0 Å². The van der Waals surface area contributed by atoms with Crippen LogP contribution in [0, 0.1) is 0 Å². The Kier molecular flexibility index (Phi) is 2.10. The number of hydrogen-bond acceptors (Lipinski definition) is 2. The summed E-state index contributed by atoms with van der Waals surface area (Å²) < 4.78 is 0. The summed E-state index contributed by atoms with van der Waals surface area (Å²) in [6.45, 7) is 6.07. The van der Waals surface area contributed by atoms with Gasteiger partial charge < -0.3 is 0 Å². The molecule has 0 bridgehead atoms. The van der Waals surface area contributed by atoms with Gasteiger partial charge in [-0.15, -0.1) is 0 Å². The van der Waals surface area contributed by atoms with Gasteiger partial charge in [0, 0.05) is 24.2 Å². The van der Waals surface area contributed by atoms with Crippen LogP contribution in [0.15, 0.2) is 0 Å². The van der Waals surface area contributed by atoms with Crippen molar-refractivity contribution in [3.8, 4) is 0 Å². The summed E-state index contributed by atoms with van der Waals surface area (Å²) in [4.78, 5) is 5.50. The van der Waals surface area contributed by atoms with Gasteiger partial charge >= 0.3 is 0 Å². The Morgan fingerprint density at radius 2 is 1.29 bits per heavy atom. The fraction of sp³-hybridized carbons (Fsp3) is 1.00. The lowest BCUT2D eigenvalue weighted by molar-refractivity contribution is 0.00757. The molecule has 0 aliphatic carbocycles. The molecule has 3 saturated heterocycles. The van der Waals surface area contributed by atoms with E-state index in [1.807, 2.05) is 0 Å². The van der Waals surface area contributed by atoms with Gasteiger partial charge in [-0.3, -0.25) is 9.80 Å². The first-order chi connectivity index (χ1) is 6.75. The predicted octanol–water partition coefficient (Wildman–Crippen LogP) is 2.05. The summed E-state index contributed by atoms with van der Waals surface area (Å²) in [5.74, 6) is 0. The third-order valence-electron chi connectivity index (χ3n) is 4.78. The van der Waals surface area contributed by atoms with Crippen molar-refractivity contribution in [2.45, 2.75) is 70.1 Å². The minimum absolute atomic E-state index is 0.841. The lowest BCUT2D eigenvalue weighted by atomic mass is 10.0. The quantitative estimate of drug-likeness (QED) is 0.582. The molecule has 3 aliphatic rings. The SMILES string of the molecule is C[C@@H]1CC[C@H]2C[C@@H]3CC[C@@H](C)N3CN21.